The number of non-ortho nitro benzene ring substituents is 1. The third-order valence-corrected chi connectivity index (χ3v) is 4.56. The number of benzene rings is 3. The normalized spacial score (nSPS) is 10.3. The van der Waals surface area contributed by atoms with Crippen molar-refractivity contribution in [2.75, 3.05) is 14.2 Å². The van der Waals surface area contributed by atoms with E-state index in [-0.39, 0.29) is 11.6 Å². The number of methoxy groups -OCH3 is 1. The van der Waals surface area contributed by atoms with Crippen molar-refractivity contribution in [1.29, 1.82) is 0 Å². The molecule has 0 bridgehead atoms. The number of carbonyl (C=O) groups is 1. The highest BCUT2D eigenvalue weighted by Gasteiger charge is 2.15. The number of ether oxygens (including phenoxy) is 2. The molecule has 0 aliphatic rings. The molecule has 0 unspecified atom stereocenters. The third-order valence-electron chi connectivity index (χ3n) is 4.56. The van der Waals surface area contributed by atoms with Crippen LogP contribution in [-0.2, 0) is 13.2 Å². The van der Waals surface area contributed by atoms with E-state index in [0.29, 0.717) is 30.2 Å². The van der Waals surface area contributed by atoms with Crippen LogP contribution in [0, 0.1) is 10.1 Å². The standard InChI is InChI=1S/C23H22N2O5/c1-24(23(26)19-9-11-20(12-10-19)25(27)28)15-18-8-13-21(22(14-18)29-2)30-16-17-6-4-3-5-7-17/h3-14H,15-16H2,1-2H3. The molecule has 0 saturated heterocycles. The lowest BCUT2D eigenvalue weighted by Crippen LogP contribution is -2.26. The quantitative estimate of drug-likeness (QED) is 0.408. The first-order valence-electron chi connectivity index (χ1n) is 9.31. The second-order valence-corrected chi connectivity index (χ2v) is 6.72. The minimum absolute atomic E-state index is 0.0509. The molecule has 30 heavy (non-hydrogen) atoms. The summed E-state index contributed by atoms with van der Waals surface area (Å²) in [6, 6.07) is 20.9. The molecule has 0 heterocycles. The summed E-state index contributed by atoms with van der Waals surface area (Å²) in [5.74, 6) is 0.974. The first-order valence-corrected chi connectivity index (χ1v) is 9.31. The van der Waals surface area contributed by atoms with Crippen LogP contribution in [0.3, 0.4) is 0 Å². The molecule has 0 atom stereocenters. The summed E-state index contributed by atoms with van der Waals surface area (Å²) in [6.07, 6.45) is 0. The maximum atomic E-state index is 12.6. The summed E-state index contributed by atoms with van der Waals surface area (Å²) >= 11 is 0. The summed E-state index contributed by atoms with van der Waals surface area (Å²) in [7, 11) is 3.25. The zero-order valence-electron chi connectivity index (χ0n) is 16.8. The molecule has 3 rings (SSSR count). The fraction of sp³-hybridized carbons (Fsp3) is 0.174. The van der Waals surface area contributed by atoms with Gasteiger partial charge in [0.15, 0.2) is 11.5 Å². The highest BCUT2D eigenvalue weighted by molar-refractivity contribution is 5.94. The van der Waals surface area contributed by atoms with Crippen LogP contribution in [0.25, 0.3) is 0 Å². The first-order chi connectivity index (χ1) is 14.5. The molecule has 0 spiro atoms. The van der Waals surface area contributed by atoms with Gasteiger partial charge in [0.05, 0.1) is 12.0 Å². The Balaban J connectivity index is 1.66. The highest BCUT2D eigenvalue weighted by Crippen LogP contribution is 2.29. The number of hydrogen-bond donors (Lipinski definition) is 0. The molecule has 154 valence electrons. The molecule has 3 aromatic carbocycles. The molecule has 0 aliphatic carbocycles. The Labute approximate surface area is 174 Å². The number of nitro benzene ring substituents is 1. The average Bonchev–Trinajstić information content (AvgIpc) is 2.78. The highest BCUT2D eigenvalue weighted by atomic mass is 16.6. The molecular formula is C23H22N2O5. The fourth-order valence-electron chi connectivity index (χ4n) is 2.96. The van der Waals surface area contributed by atoms with E-state index in [1.54, 1.807) is 19.1 Å². The molecule has 0 aromatic heterocycles. The molecular weight excluding hydrogens is 384 g/mol. The maximum absolute atomic E-state index is 12.6. The molecule has 1 amide bonds. The van der Waals surface area contributed by atoms with Crippen molar-refractivity contribution < 1.29 is 19.2 Å². The van der Waals surface area contributed by atoms with Gasteiger partial charge in [0.1, 0.15) is 6.61 Å². The van der Waals surface area contributed by atoms with Gasteiger partial charge < -0.3 is 14.4 Å². The molecule has 0 aliphatic heterocycles. The molecule has 7 heteroatoms. The van der Waals surface area contributed by atoms with Gasteiger partial charge >= 0.3 is 0 Å². The van der Waals surface area contributed by atoms with Gasteiger partial charge in [0.25, 0.3) is 11.6 Å². The van der Waals surface area contributed by atoms with Gasteiger partial charge in [-0.05, 0) is 35.4 Å². The summed E-state index contributed by atoms with van der Waals surface area (Å²) in [5.41, 5.74) is 2.26. The molecule has 7 nitrogen and oxygen atoms in total. The first kappa shape index (κ1) is 20.9. The van der Waals surface area contributed by atoms with Crippen molar-refractivity contribution in [2.24, 2.45) is 0 Å². The van der Waals surface area contributed by atoms with Crippen molar-refractivity contribution >= 4 is 11.6 Å². The van der Waals surface area contributed by atoms with E-state index in [1.807, 2.05) is 48.5 Å². The van der Waals surface area contributed by atoms with Crippen LogP contribution in [0.5, 0.6) is 11.5 Å². The molecule has 0 radical (unpaired) electrons. The maximum Gasteiger partial charge on any atom is 0.269 e. The topological polar surface area (TPSA) is 81.9 Å². The van der Waals surface area contributed by atoms with Crippen molar-refractivity contribution in [3.63, 3.8) is 0 Å². The smallest absolute Gasteiger partial charge is 0.269 e. The van der Waals surface area contributed by atoms with E-state index in [4.69, 9.17) is 9.47 Å². The number of hydrogen-bond acceptors (Lipinski definition) is 5. The van der Waals surface area contributed by atoms with E-state index in [1.165, 1.54) is 24.3 Å². The summed E-state index contributed by atoms with van der Waals surface area (Å²) in [4.78, 5) is 24.4. The Kier molecular flexibility index (Phi) is 6.64. The zero-order chi connectivity index (χ0) is 21.5. The Morgan fingerprint density at radius 1 is 0.967 bits per heavy atom. The van der Waals surface area contributed by atoms with Crippen LogP contribution >= 0.6 is 0 Å². The second-order valence-electron chi connectivity index (χ2n) is 6.72. The Hall–Kier alpha value is -3.87. The second kappa shape index (κ2) is 9.56. The van der Waals surface area contributed by atoms with Gasteiger partial charge in [0, 0.05) is 31.3 Å². The minimum Gasteiger partial charge on any atom is -0.493 e. The van der Waals surface area contributed by atoms with Crippen LogP contribution in [0.4, 0.5) is 5.69 Å². The van der Waals surface area contributed by atoms with E-state index in [0.717, 1.165) is 11.1 Å². The van der Waals surface area contributed by atoms with Gasteiger partial charge in [-0.25, -0.2) is 0 Å². The van der Waals surface area contributed by atoms with Crippen LogP contribution in [0.15, 0.2) is 72.8 Å². The Morgan fingerprint density at radius 2 is 1.67 bits per heavy atom. The van der Waals surface area contributed by atoms with Gasteiger partial charge in [-0.2, -0.15) is 0 Å². The third kappa shape index (κ3) is 5.14. The minimum atomic E-state index is -0.494. The predicted octanol–water partition coefficient (Wildman–Crippen LogP) is 4.45. The molecule has 0 N–H and O–H groups in total. The van der Waals surface area contributed by atoms with Crippen molar-refractivity contribution in [3.8, 4) is 11.5 Å². The van der Waals surface area contributed by atoms with Crippen molar-refractivity contribution in [3.05, 3.63) is 99.6 Å². The molecule has 0 fully saturated rings. The predicted molar refractivity (Wildman–Crippen MR) is 113 cm³/mol. The lowest BCUT2D eigenvalue weighted by atomic mass is 10.1. The van der Waals surface area contributed by atoms with Crippen LogP contribution in [0.1, 0.15) is 21.5 Å². The van der Waals surface area contributed by atoms with Gasteiger partial charge in [0.2, 0.25) is 0 Å². The van der Waals surface area contributed by atoms with Gasteiger partial charge in [-0.3, -0.25) is 14.9 Å². The van der Waals surface area contributed by atoms with Crippen LogP contribution in [-0.4, -0.2) is 29.9 Å². The van der Waals surface area contributed by atoms with E-state index in [2.05, 4.69) is 0 Å². The lowest BCUT2D eigenvalue weighted by molar-refractivity contribution is -0.384. The van der Waals surface area contributed by atoms with Gasteiger partial charge in [-0.15, -0.1) is 0 Å². The van der Waals surface area contributed by atoms with Crippen molar-refractivity contribution in [2.45, 2.75) is 13.2 Å². The number of nitro groups is 1. The Morgan fingerprint density at radius 3 is 2.30 bits per heavy atom. The van der Waals surface area contributed by atoms with E-state index >= 15 is 0 Å². The lowest BCUT2D eigenvalue weighted by Gasteiger charge is -2.18. The average molecular weight is 406 g/mol. The molecule has 0 saturated carbocycles. The number of rotatable bonds is 8. The van der Waals surface area contributed by atoms with Gasteiger partial charge in [-0.1, -0.05) is 36.4 Å². The monoisotopic (exact) mass is 406 g/mol. The largest absolute Gasteiger partial charge is 0.493 e. The summed E-state index contributed by atoms with van der Waals surface area (Å²) in [5, 5.41) is 10.8. The fourth-order valence-corrected chi connectivity index (χ4v) is 2.96. The zero-order valence-corrected chi connectivity index (χ0v) is 16.8. The van der Waals surface area contributed by atoms with Crippen LogP contribution < -0.4 is 9.47 Å². The summed E-state index contributed by atoms with van der Waals surface area (Å²) in [6.45, 7) is 0.778. The molecule has 3 aromatic rings. The van der Waals surface area contributed by atoms with E-state index < -0.39 is 4.92 Å². The van der Waals surface area contributed by atoms with Crippen molar-refractivity contribution in [1.82, 2.24) is 4.90 Å². The Bertz CT molecular complexity index is 1020. The van der Waals surface area contributed by atoms with Crippen LogP contribution in [0.2, 0.25) is 0 Å². The number of nitrogens with zero attached hydrogens (tertiary/aromatic N) is 2. The number of amides is 1. The van der Waals surface area contributed by atoms with E-state index in [9.17, 15) is 14.9 Å². The SMILES string of the molecule is COc1cc(CN(C)C(=O)c2ccc([N+](=O)[O-])cc2)ccc1OCc1ccccc1. The number of carbonyl (C=O) groups excluding carboxylic acids is 1. The summed E-state index contributed by atoms with van der Waals surface area (Å²) < 4.78 is 11.3.